The molecule has 0 unspecified atom stereocenters. The lowest BCUT2D eigenvalue weighted by Gasteiger charge is -2.19. The summed E-state index contributed by atoms with van der Waals surface area (Å²) in [6.07, 6.45) is 1.37. The van der Waals surface area contributed by atoms with Crippen LogP contribution in [0.4, 0.5) is 11.4 Å². The molecule has 0 saturated carbocycles. The number of benzene rings is 3. The summed E-state index contributed by atoms with van der Waals surface area (Å²) in [4.78, 5) is 10.4. The Hall–Kier alpha value is -3.38. The maximum atomic E-state index is 11.1. The standard InChI is InChI=1S/C20H16ClN3O3/c21-17-11-16(20(25)19(12-17)24(26)27)13-22-23(18-9-5-2-6-10-18)14-15-7-3-1-4-8-15/h1-13,25H,14H2/b22-13+. The molecule has 0 saturated heterocycles. The molecule has 0 spiro atoms. The average molecular weight is 382 g/mol. The highest BCUT2D eigenvalue weighted by Crippen LogP contribution is 2.32. The maximum Gasteiger partial charge on any atom is 0.312 e. The van der Waals surface area contributed by atoms with E-state index < -0.39 is 16.4 Å². The van der Waals surface area contributed by atoms with Gasteiger partial charge in [-0.15, -0.1) is 0 Å². The number of nitro groups is 1. The fourth-order valence-corrected chi connectivity index (χ4v) is 2.75. The molecule has 0 aromatic heterocycles. The van der Waals surface area contributed by atoms with Crippen LogP contribution in [0.25, 0.3) is 0 Å². The molecule has 0 aliphatic rings. The molecule has 27 heavy (non-hydrogen) atoms. The summed E-state index contributed by atoms with van der Waals surface area (Å²) in [5.74, 6) is -0.471. The number of para-hydroxylation sites is 1. The predicted octanol–water partition coefficient (Wildman–Crippen LogP) is 4.99. The quantitative estimate of drug-likeness (QED) is 0.370. The first kappa shape index (κ1) is 18.4. The van der Waals surface area contributed by atoms with Crippen LogP contribution in [0, 0.1) is 10.1 Å². The number of anilines is 1. The molecule has 0 aliphatic carbocycles. The molecule has 3 aromatic rings. The molecular weight excluding hydrogens is 366 g/mol. The number of halogens is 1. The lowest BCUT2D eigenvalue weighted by molar-refractivity contribution is -0.385. The maximum absolute atomic E-state index is 11.1. The highest BCUT2D eigenvalue weighted by atomic mass is 35.5. The highest BCUT2D eigenvalue weighted by molar-refractivity contribution is 6.31. The number of hydrogen-bond donors (Lipinski definition) is 1. The first-order valence-electron chi connectivity index (χ1n) is 8.12. The lowest BCUT2D eigenvalue weighted by Crippen LogP contribution is -2.16. The lowest BCUT2D eigenvalue weighted by atomic mass is 10.2. The van der Waals surface area contributed by atoms with E-state index >= 15 is 0 Å². The second-order valence-electron chi connectivity index (χ2n) is 5.74. The molecule has 136 valence electrons. The molecule has 0 aliphatic heterocycles. The average Bonchev–Trinajstić information content (AvgIpc) is 2.68. The third kappa shape index (κ3) is 4.62. The fraction of sp³-hybridized carbons (Fsp3) is 0.0500. The summed E-state index contributed by atoms with van der Waals surface area (Å²) < 4.78 is 0. The minimum absolute atomic E-state index is 0.148. The predicted molar refractivity (Wildman–Crippen MR) is 106 cm³/mol. The molecule has 3 aromatic carbocycles. The van der Waals surface area contributed by atoms with E-state index in [4.69, 9.17) is 11.6 Å². The molecule has 3 rings (SSSR count). The van der Waals surface area contributed by atoms with Crippen LogP contribution in [0.1, 0.15) is 11.1 Å². The summed E-state index contributed by atoms with van der Waals surface area (Å²) in [5, 5.41) is 27.5. The van der Waals surface area contributed by atoms with Gasteiger partial charge in [0.2, 0.25) is 5.75 Å². The van der Waals surface area contributed by atoms with Gasteiger partial charge in [-0.1, -0.05) is 60.1 Å². The highest BCUT2D eigenvalue weighted by Gasteiger charge is 2.18. The van der Waals surface area contributed by atoms with Gasteiger partial charge in [-0.25, -0.2) is 0 Å². The number of rotatable bonds is 6. The monoisotopic (exact) mass is 381 g/mol. The first-order valence-corrected chi connectivity index (χ1v) is 8.50. The van der Waals surface area contributed by atoms with Crippen LogP contribution in [0.15, 0.2) is 77.9 Å². The Morgan fingerprint density at radius 1 is 1.07 bits per heavy atom. The Kier molecular flexibility index (Phi) is 5.68. The van der Waals surface area contributed by atoms with E-state index in [1.54, 1.807) is 5.01 Å². The van der Waals surface area contributed by atoms with Gasteiger partial charge < -0.3 is 5.11 Å². The Bertz CT molecular complexity index is 963. The summed E-state index contributed by atoms with van der Waals surface area (Å²) in [6, 6.07) is 21.8. The van der Waals surface area contributed by atoms with E-state index in [-0.39, 0.29) is 10.6 Å². The van der Waals surface area contributed by atoms with Crippen molar-refractivity contribution in [2.45, 2.75) is 6.54 Å². The zero-order valence-corrected chi connectivity index (χ0v) is 15.0. The minimum Gasteiger partial charge on any atom is -0.502 e. The molecule has 6 nitrogen and oxygen atoms in total. The van der Waals surface area contributed by atoms with Crippen LogP contribution in [0.2, 0.25) is 5.02 Å². The second kappa shape index (κ2) is 8.33. The minimum atomic E-state index is -0.683. The Morgan fingerprint density at radius 3 is 2.33 bits per heavy atom. The van der Waals surface area contributed by atoms with Crippen molar-refractivity contribution in [1.29, 1.82) is 0 Å². The number of phenolic OH excluding ortho intramolecular Hbond substituents is 1. The van der Waals surface area contributed by atoms with Crippen molar-refractivity contribution in [1.82, 2.24) is 0 Å². The van der Waals surface area contributed by atoms with Gasteiger partial charge in [0.25, 0.3) is 0 Å². The van der Waals surface area contributed by atoms with Gasteiger partial charge in [0, 0.05) is 16.7 Å². The van der Waals surface area contributed by atoms with Crippen LogP contribution in [0.3, 0.4) is 0 Å². The summed E-state index contributed by atoms with van der Waals surface area (Å²) in [6.45, 7) is 0.491. The normalized spacial score (nSPS) is 10.9. The van der Waals surface area contributed by atoms with Gasteiger partial charge in [0.05, 0.1) is 23.4 Å². The van der Waals surface area contributed by atoms with E-state index in [1.807, 2.05) is 60.7 Å². The Morgan fingerprint density at radius 2 is 1.70 bits per heavy atom. The topological polar surface area (TPSA) is 79.0 Å². The van der Waals surface area contributed by atoms with Gasteiger partial charge >= 0.3 is 5.69 Å². The molecule has 0 bridgehead atoms. The first-order chi connectivity index (χ1) is 13.0. The second-order valence-corrected chi connectivity index (χ2v) is 6.18. The number of hydrazone groups is 1. The summed E-state index contributed by atoms with van der Waals surface area (Å²) in [5.41, 5.74) is 1.59. The van der Waals surface area contributed by atoms with Crippen molar-refractivity contribution in [3.63, 3.8) is 0 Å². The van der Waals surface area contributed by atoms with E-state index in [1.165, 1.54) is 12.3 Å². The van der Waals surface area contributed by atoms with Crippen molar-refractivity contribution in [2.24, 2.45) is 5.10 Å². The van der Waals surface area contributed by atoms with Crippen LogP contribution in [-0.2, 0) is 6.54 Å². The molecule has 1 N–H and O–H groups in total. The van der Waals surface area contributed by atoms with E-state index in [9.17, 15) is 15.2 Å². The van der Waals surface area contributed by atoms with Gasteiger partial charge in [-0.05, 0) is 23.8 Å². The number of phenols is 1. The molecule has 0 amide bonds. The van der Waals surface area contributed by atoms with E-state index in [0.717, 1.165) is 17.3 Å². The van der Waals surface area contributed by atoms with Gasteiger partial charge in [-0.2, -0.15) is 5.10 Å². The molecule has 0 heterocycles. The number of hydrogen-bond acceptors (Lipinski definition) is 5. The van der Waals surface area contributed by atoms with Crippen molar-refractivity contribution in [3.8, 4) is 5.75 Å². The van der Waals surface area contributed by atoms with Crippen LogP contribution in [0.5, 0.6) is 5.75 Å². The van der Waals surface area contributed by atoms with E-state index in [2.05, 4.69) is 5.10 Å². The summed E-state index contributed by atoms with van der Waals surface area (Å²) in [7, 11) is 0. The van der Waals surface area contributed by atoms with Crippen LogP contribution in [-0.4, -0.2) is 16.2 Å². The van der Waals surface area contributed by atoms with E-state index in [0.29, 0.717) is 6.54 Å². The van der Waals surface area contributed by atoms with Crippen LogP contribution >= 0.6 is 11.6 Å². The Labute approximate surface area is 161 Å². The number of nitro benzene ring substituents is 1. The van der Waals surface area contributed by atoms with Gasteiger partial charge in [0.1, 0.15) is 0 Å². The third-order valence-corrected chi connectivity index (χ3v) is 4.06. The molecule has 0 radical (unpaired) electrons. The van der Waals surface area contributed by atoms with Crippen molar-refractivity contribution < 1.29 is 10.0 Å². The van der Waals surface area contributed by atoms with Crippen molar-refractivity contribution in [2.75, 3.05) is 5.01 Å². The Balaban J connectivity index is 1.96. The molecular formula is C20H16ClN3O3. The summed E-state index contributed by atoms with van der Waals surface area (Å²) >= 11 is 5.94. The fourth-order valence-electron chi connectivity index (χ4n) is 2.53. The van der Waals surface area contributed by atoms with Gasteiger partial charge in [-0.3, -0.25) is 15.1 Å². The third-order valence-electron chi connectivity index (χ3n) is 3.85. The smallest absolute Gasteiger partial charge is 0.312 e. The number of nitrogens with zero attached hydrogens (tertiary/aromatic N) is 3. The zero-order valence-electron chi connectivity index (χ0n) is 14.2. The van der Waals surface area contributed by atoms with Crippen molar-refractivity contribution >= 4 is 29.2 Å². The molecule has 0 atom stereocenters. The molecule has 0 fully saturated rings. The molecule has 7 heteroatoms. The van der Waals surface area contributed by atoms with Crippen molar-refractivity contribution in [3.05, 3.63) is 99.1 Å². The van der Waals surface area contributed by atoms with Crippen LogP contribution < -0.4 is 5.01 Å². The number of aromatic hydroxyl groups is 1. The largest absolute Gasteiger partial charge is 0.502 e. The SMILES string of the molecule is O=[N+]([O-])c1cc(Cl)cc(/C=N/N(Cc2ccccc2)c2ccccc2)c1O. The van der Waals surface area contributed by atoms with Gasteiger partial charge in [0.15, 0.2) is 0 Å². The zero-order chi connectivity index (χ0) is 19.2.